The third-order valence-electron chi connectivity index (χ3n) is 4.07. The minimum Gasteiger partial charge on any atom is -0.327 e. The minimum atomic E-state index is 0.428. The van der Waals surface area contributed by atoms with E-state index in [1.54, 1.807) is 0 Å². The van der Waals surface area contributed by atoms with Gasteiger partial charge in [-0.1, -0.05) is 27.2 Å². The summed E-state index contributed by atoms with van der Waals surface area (Å²) in [5.41, 5.74) is 6.04. The molecule has 4 atom stereocenters. The summed E-state index contributed by atoms with van der Waals surface area (Å²) in [6.07, 6.45) is 3.80. The van der Waals surface area contributed by atoms with Crippen LogP contribution in [0.5, 0.6) is 0 Å². The quantitative estimate of drug-likeness (QED) is 0.776. The summed E-state index contributed by atoms with van der Waals surface area (Å²) < 4.78 is 0. The molecule has 0 spiro atoms. The van der Waals surface area contributed by atoms with Crippen LogP contribution in [0.2, 0.25) is 0 Å². The maximum atomic E-state index is 6.04. The Morgan fingerprint density at radius 3 is 2.60 bits per heavy atom. The van der Waals surface area contributed by atoms with Crippen molar-refractivity contribution in [3.05, 3.63) is 0 Å². The van der Waals surface area contributed by atoms with Crippen molar-refractivity contribution in [1.29, 1.82) is 0 Å². The first-order valence-corrected chi connectivity index (χ1v) is 6.54. The summed E-state index contributed by atoms with van der Waals surface area (Å²) in [5.74, 6) is 1.52. The smallest absolute Gasteiger partial charge is 0.00889 e. The van der Waals surface area contributed by atoms with Crippen molar-refractivity contribution < 1.29 is 0 Å². The van der Waals surface area contributed by atoms with Gasteiger partial charge in [-0.25, -0.2) is 0 Å². The molecule has 1 saturated heterocycles. The number of hydrogen-bond acceptors (Lipinski definition) is 2. The highest BCUT2D eigenvalue weighted by atomic mass is 15.2. The van der Waals surface area contributed by atoms with Gasteiger partial charge in [-0.2, -0.15) is 0 Å². The predicted molar refractivity (Wildman–Crippen MR) is 66.9 cm³/mol. The Balaban J connectivity index is 2.37. The second-order valence-electron chi connectivity index (χ2n) is 5.52. The van der Waals surface area contributed by atoms with Crippen LogP contribution in [0.1, 0.15) is 47.0 Å². The van der Waals surface area contributed by atoms with Crippen LogP contribution in [0.15, 0.2) is 0 Å². The van der Waals surface area contributed by atoms with Gasteiger partial charge in [-0.05, 0) is 38.1 Å². The minimum absolute atomic E-state index is 0.428. The SMILES string of the molecule is CCC(C)CC(C)N1CCC(N)C(C)C1. The molecule has 1 heterocycles. The van der Waals surface area contributed by atoms with Crippen molar-refractivity contribution in [2.24, 2.45) is 17.6 Å². The van der Waals surface area contributed by atoms with Gasteiger partial charge >= 0.3 is 0 Å². The third-order valence-corrected chi connectivity index (χ3v) is 4.07. The molecule has 1 aliphatic rings. The number of hydrogen-bond donors (Lipinski definition) is 1. The molecule has 15 heavy (non-hydrogen) atoms. The lowest BCUT2D eigenvalue weighted by molar-refractivity contribution is 0.110. The van der Waals surface area contributed by atoms with E-state index < -0.39 is 0 Å². The van der Waals surface area contributed by atoms with E-state index in [2.05, 4.69) is 32.6 Å². The molecule has 0 bridgehead atoms. The molecule has 2 nitrogen and oxygen atoms in total. The predicted octanol–water partition coefficient (Wildman–Crippen LogP) is 2.48. The molecule has 2 heteroatoms. The second-order valence-corrected chi connectivity index (χ2v) is 5.52. The van der Waals surface area contributed by atoms with Crippen molar-refractivity contribution in [2.75, 3.05) is 13.1 Å². The van der Waals surface area contributed by atoms with Crippen molar-refractivity contribution in [2.45, 2.75) is 59.0 Å². The summed E-state index contributed by atoms with van der Waals surface area (Å²) in [6, 6.07) is 1.16. The van der Waals surface area contributed by atoms with E-state index in [9.17, 15) is 0 Å². The lowest BCUT2D eigenvalue weighted by Crippen LogP contribution is -2.49. The van der Waals surface area contributed by atoms with Crippen LogP contribution in [-0.4, -0.2) is 30.1 Å². The van der Waals surface area contributed by atoms with Crippen LogP contribution in [0.25, 0.3) is 0 Å². The Hall–Kier alpha value is -0.0800. The molecule has 1 aliphatic heterocycles. The number of piperidine rings is 1. The Labute approximate surface area is 95.2 Å². The zero-order valence-electron chi connectivity index (χ0n) is 10.9. The largest absolute Gasteiger partial charge is 0.327 e. The molecule has 0 aromatic rings. The molecule has 1 fully saturated rings. The van der Waals surface area contributed by atoms with Crippen LogP contribution >= 0.6 is 0 Å². The molecule has 0 aromatic heterocycles. The fourth-order valence-corrected chi connectivity index (χ4v) is 2.49. The zero-order valence-corrected chi connectivity index (χ0v) is 10.9. The Morgan fingerprint density at radius 2 is 2.07 bits per heavy atom. The Morgan fingerprint density at radius 1 is 1.40 bits per heavy atom. The number of likely N-dealkylation sites (tertiary alicyclic amines) is 1. The molecule has 0 aromatic carbocycles. The first-order chi connectivity index (χ1) is 7.04. The molecule has 0 amide bonds. The monoisotopic (exact) mass is 212 g/mol. The normalized spacial score (nSPS) is 32.6. The Kier molecular flexibility index (Phi) is 5.07. The number of nitrogens with two attached hydrogens (primary N) is 1. The molecule has 2 N–H and O–H groups in total. The van der Waals surface area contributed by atoms with Gasteiger partial charge in [0.2, 0.25) is 0 Å². The first-order valence-electron chi connectivity index (χ1n) is 6.54. The second kappa shape index (κ2) is 5.86. The highest BCUT2D eigenvalue weighted by Crippen LogP contribution is 2.21. The van der Waals surface area contributed by atoms with Gasteiger partial charge in [0.1, 0.15) is 0 Å². The summed E-state index contributed by atoms with van der Waals surface area (Å²) >= 11 is 0. The molecule has 4 unspecified atom stereocenters. The molecule has 1 rings (SSSR count). The molecular formula is C13H28N2. The number of nitrogens with zero attached hydrogens (tertiary/aromatic N) is 1. The van der Waals surface area contributed by atoms with E-state index in [1.165, 1.54) is 32.4 Å². The van der Waals surface area contributed by atoms with Gasteiger partial charge in [-0.3, -0.25) is 0 Å². The Bertz CT molecular complexity index is 181. The van der Waals surface area contributed by atoms with Gasteiger partial charge < -0.3 is 10.6 Å². The lowest BCUT2D eigenvalue weighted by Gasteiger charge is -2.39. The molecule has 0 saturated carbocycles. The fraction of sp³-hybridized carbons (Fsp3) is 1.00. The zero-order chi connectivity index (χ0) is 11.4. The van der Waals surface area contributed by atoms with Gasteiger partial charge in [0, 0.05) is 18.6 Å². The summed E-state index contributed by atoms with van der Waals surface area (Å²) in [5, 5.41) is 0. The van der Waals surface area contributed by atoms with Crippen LogP contribution in [0.3, 0.4) is 0 Å². The van der Waals surface area contributed by atoms with Crippen molar-refractivity contribution in [1.82, 2.24) is 4.90 Å². The highest BCUT2D eigenvalue weighted by molar-refractivity contribution is 4.83. The maximum absolute atomic E-state index is 6.04. The lowest BCUT2D eigenvalue weighted by atomic mass is 9.91. The van der Waals surface area contributed by atoms with Crippen LogP contribution < -0.4 is 5.73 Å². The van der Waals surface area contributed by atoms with Gasteiger partial charge in [-0.15, -0.1) is 0 Å². The van der Waals surface area contributed by atoms with Crippen molar-refractivity contribution in [3.8, 4) is 0 Å². The van der Waals surface area contributed by atoms with Crippen LogP contribution in [0.4, 0.5) is 0 Å². The van der Waals surface area contributed by atoms with E-state index >= 15 is 0 Å². The van der Waals surface area contributed by atoms with Crippen LogP contribution in [0, 0.1) is 11.8 Å². The highest BCUT2D eigenvalue weighted by Gasteiger charge is 2.26. The van der Waals surface area contributed by atoms with Crippen molar-refractivity contribution in [3.63, 3.8) is 0 Å². The molecule has 0 aliphatic carbocycles. The van der Waals surface area contributed by atoms with Crippen LogP contribution in [-0.2, 0) is 0 Å². The first kappa shape index (κ1) is 13.0. The third kappa shape index (κ3) is 3.76. The van der Waals surface area contributed by atoms with Gasteiger partial charge in [0.05, 0.1) is 0 Å². The van der Waals surface area contributed by atoms with E-state index in [0.29, 0.717) is 12.0 Å². The summed E-state index contributed by atoms with van der Waals surface area (Å²) in [6.45, 7) is 11.7. The fourth-order valence-electron chi connectivity index (χ4n) is 2.49. The average Bonchev–Trinajstić information content (AvgIpc) is 2.21. The van der Waals surface area contributed by atoms with Gasteiger partial charge in [0.25, 0.3) is 0 Å². The van der Waals surface area contributed by atoms with Gasteiger partial charge in [0.15, 0.2) is 0 Å². The molecular weight excluding hydrogens is 184 g/mol. The standard InChI is InChI=1S/C13H28N2/c1-5-10(2)8-12(4)15-7-6-13(14)11(3)9-15/h10-13H,5-9,14H2,1-4H3. The van der Waals surface area contributed by atoms with Crippen molar-refractivity contribution >= 4 is 0 Å². The molecule has 90 valence electrons. The van der Waals surface area contributed by atoms with E-state index in [0.717, 1.165) is 12.0 Å². The number of rotatable bonds is 4. The van der Waals surface area contributed by atoms with E-state index in [1.807, 2.05) is 0 Å². The maximum Gasteiger partial charge on any atom is 0.00889 e. The van der Waals surface area contributed by atoms with E-state index in [-0.39, 0.29) is 0 Å². The average molecular weight is 212 g/mol. The molecule has 0 radical (unpaired) electrons. The summed E-state index contributed by atoms with van der Waals surface area (Å²) in [4.78, 5) is 2.63. The summed E-state index contributed by atoms with van der Waals surface area (Å²) in [7, 11) is 0. The van der Waals surface area contributed by atoms with E-state index in [4.69, 9.17) is 5.73 Å². The topological polar surface area (TPSA) is 29.3 Å².